The number of urea groups is 1. The second-order valence-electron chi connectivity index (χ2n) is 5.53. The standard InChI is InChI=1S/C18H22N4O3/c1-4-25-18(24)21-14-8-6-12(3)16(10-14)22-17(23)20-13-7-5-11(2)15(19)9-13/h5-10H,4,19H2,1-3H3,(H,21,24)(H2,20,22,23). The maximum atomic E-state index is 12.2. The number of carbonyl (C=O) groups is 2. The number of hydrogen-bond acceptors (Lipinski definition) is 4. The van der Waals surface area contributed by atoms with Crippen LogP contribution in [0.3, 0.4) is 0 Å². The lowest BCUT2D eigenvalue weighted by Gasteiger charge is -2.13. The van der Waals surface area contributed by atoms with Crippen molar-refractivity contribution in [2.45, 2.75) is 20.8 Å². The minimum Gasteiger partial charge on any atom is -0.450 e. The van der Waals surface area contributed by atoms with Gasteiger partial charge in [0.15, 0.2) is 0 Å². The van der Waals surface area contributed by atoms with Gasteiger partial charge in [0, 0.05) is 22.7 Å². The van der Waals surface area contributed by atoms with Crippen LogP contribution in [0.5, 0.6) is 0 Å². The van der Waals surface area contributed by atoms with Crippen molar-refractivity contribution in [1.82, 2.24) is 0 Å². The van der Waals surface area contributed by atoms with Crippen LogP contribution >= 0.6 is 0 Å². The van der Waals surface area contributed by atoms with Gasteiger partial charge in [0.25, 0.3) is 0 Å². The molecule has 0 unspecified atom stereocenters. The first kappa shape index (κ1) is 18.1. The molecule has 7 nitrogen and oxygen atoms in total. The van der Waals surface area contributed by atoms with Crippen molar-refractivity contribution in [3.8, 4) is 0 Å². The van der Waals surface area contributed by atoms with E-state index >= 15 is 0 Å². The van der Waals surface area contributed by atoms with Gasteiger partial charge in [-0.15, -0.1) is 0 Å². The highest BCUT2D eigenvalue weighted by Crippen LogP contribution is 2.21. The molecule has 132 valence electrons. The van der Waals surface area contributed by atoms with Crippen LogP contribution in [0.25, 0.3) is 0 Å². The first-order valence-electron chi connectivity index (χ1n) is 7.87. The quantitative estimate of drug-likeness (QED) is 0.628. The van der Waals surface area contributed by atoms with Crippen LogP contribution in [0, 0.1) is 13.8 Å². The largest absolute Gasteiger partial charge is 0.450 e. The highest BCUT2D eigenvalue weighted by molar-refractivity contribution is 6.01. The SMILES string of the molecule is CCOC(=O)Nc1ccc(C)c(NC(=O)Nc2ccc(C)c(N)c2)c1. The summed E-state index contributed by atoms with van der Waals surface area (Å²) in [7, 11) is 0. The molecule has 3 amide bonds. The van der Waals surface area contributed by atoms with E-state index < -0.39 is 12.1 Å². The number of nitrogens with two attached hydrogens (primary N) is 1. The van der Waals surface area contributed by atoms with Gasteiger partial charge in [-0.2, -0.15) is 0 Å². The Hall–Kier alpha value is -3.22. The van der Waals surface area contributed by atoms with E-state index in [-0.39, 0.29) is 6.61 Å². The van der Waals surface area contributed by atoms with E-state index in [9.17, 15) is 9.59 Å². The Morgan fingerprint density at radius 3 is 2.24 bits per heavy atom. The number of anilines is 4. The lowest BCUT2D eigenvalue weighted by Crippen LogP contribution is -2.20. The predicted molar refractivity (Wildman–Crippen MR) is 100 cm³/mol. The van der Waals surface area contributed by atoms with E-state index in [1.807, 2.05) is 19.9 Å². The lowest BCUT2D eigenvalue weighted by molar-refractivity contribution is 0.168. The maximum Gasteiger partial charge on any atom is 0.411 e. The number of benzene rings is 2. The van der Waals surface area contributed by atoms with E-state index in [1.54, 1.807) is 37.3 Å². The minimum absolute atomic E-state index is 0.283. The summed E-state index contributed by atoms with van der Waals surface area (Å²) in [5, 5.41) is 8.08. The molecular weight excluding hydrogens is 320 g/mol. The summed E-state index contributed by atoms with van der Waals surface area (Å²) in [5.41, 5.74) is 9.94. The van der Waals surface area contributed by atoms with Gasteiger partial charge in [-0.05, 0) is 56.2 Å². The molecule has 0 heterocycles. The average molecular weight is 342 g/mol. The molecule has 5 N–H and O–H groups in total. The minimum atomic E-state index is -0.545. The van der Waals surface area contributed by atoms with E-state index in [0.717, 1.165) is 11.1 Å². The molecule has 0 saturated carbocycles. The van der Waals surface area contributed by atoms with Crippen molar-refractivity contribution >= 4 is 34.9 Å². The molecule has 0 saturated heterocycles. The van der Waals surface area contributed by atoms with Crippen molar-refractivity contribution in [1.29, 1.82) is 0 Å². The normalized spacial score (nSPS) is 10.0. The highest BCUT2D eigenvalue weighted by Gasteiger charge is 2.09. The van der Waals surface area contributed by atoms with Crippen molar-refractivity contribution in [3.63, 3.8) is 0 Å². The topological polar surface area (TPSA) is 105 Å². The van der Waals surface area contributed by atoms with Gasteiger partial charge in [-0.3, -0.25) is 5.32 Å². The van der Waals surface area contributed by atoms with Gasteiger partial charge in [0.2, 0.25) is 0 Å². The molecule has 25 heavy (non-hydrogen) atoms. The molecular formula is C18H22N4O3. The van der Waals surface area contributed by atoms with Crippen LogP contribution in [0.2, 0.25) is 0 Å². The van der Waals surface area contributed by atoms with Crippen LogP contribution in [0.4, 0.5) is 32.3 Å². The van der Waals surface area contributed by atoms with E-state index in [2.05, 4.69) is 16.0 Å². The first-order valence-corrected chi connectivity index (χ1v) is 7.87. The number of nitrogen functional groups attached to an aromatic ring is 1. The molecule has 0 radical (unpaired) electrons. The summed E-state index contributed by atoms with van der Waals surface area (Å²) >= 11 is 0. The molecule has 0 bridgehead atoms. The molecule has 7 heteroatoms. The Balaban J connectivity index is 2.06. The Bertz CT molecular complexity index is 790. The molecule has 0 aromatic heterocycles. The third-order valence-electron chi connectivity index (χ3n) is 3.54. The third-order valence-corrected chi connectivity index (χ3v) is 3.54. The van der Waals surface area contributed by atoms with Crippen molar-refractivity contribution < 1.29 is 14.3 Å². The Kier molecular flexibility index (Phi) is 5.84. The summed E-state index contributed by atoms with van der Waals surface area (Å²) in [4.78, 5) is 23.7. The number of nitrogens with one attached hydrogen (secondary N) is 3. The zero-order valence-electron chi connectivity index (χ0n) is 14.5. The molecule has 0 aliphatic carbocycles. The lowest BCUT2D eigenvalue weighted by atomic mass is 10.2. The zero-order chi connectivity index (χ0) is 18.4. The second kappa shape index (κ2) is 8.05. The van der Waals surface area contributed by atoms with E-state index in [0.29, 0.717) is 22.7 Å². The summed E-state index contributed by atoms with van der Waals surface area (Å²) in [6.07, 6.45) is -0.545. The summed E-state index contributed by atoms with van der Waals surface area (Å²) in [5.74, 6) is 0. The van der Waals surface area contributed by atoms with Crippen LogP contribution in [-0.4, -0.2) is 18.7 Å². The molecule has 0 aliphatic heterocycles. The van der Waals surface area contributed by atoms with Gasteiger partial charge >= 0.3 is 12.1 Å². The smallest absolute Gasteiger partial charge is 0.411 e. The predicted octanol–water partition coefficient (Wildman–Crippen LogP) is 4.10. The Morgan fingerprint density at radius 2 is 1.60 bits per heavy atom. The second-order valence-corrected chi connectivity index (χ2v) is 5.53. The number of amides is 3. The fourth-order valence-corrected chi connectivity index (χ4v) is 2.12. The first-order chi connectivity index (χ1) is 11.9. The molecule has 0 fully saturated rings. The van der Waals surface area contributed by atoms with Gasteiger partial charge < -0.3 is 21.1 Å². The Morgan fingerprint density at radius 1 is 0.960 bits per heavy atom. The zero-order valence-corrected chi connectivity index (χ0v) is 14.5. The molecule has 2 rings (SSSR count). The molecule has 2 aromatic carbocycles. The fourth-order valence-electron chi connectivity index (χ4n) is 2.12. The number of rotatable bonds is 4. The molecule has 0 atom stereocenters. The van der Waals surface area contributed by atoms with Gasteiger partial charge in [0.1, 0.15) is 0 Å². The van der Waals surface area contributed by atoms with Gasteiger partial charge in [-0.25, -0.2) is 9.59 Å². The van der Waals surface area contributed by atoms with Crippen molar-refractivity contribution in [3.05, 3.63) is 47.5 Å². The summed E-state index contributed by atoms with van der Waals surface area (Å²) in [6, 6.07) is 10.1. The fraction of sp³-hybridized carbons (Fsp3) is 0.222. The maximum absolute atomic E-state index is 12.2. The molecule has 2 aromatic rings. The van der Waals surface area contributed by atoms with Crippen molar-refractivity contribution in [2.24, 2.45) is 0 Å². The summed E-state index contributed by atoms with van der Waals surface area (Å²) in [6.45, 7) is 5.76. The van der Waals surface area contributed by atoms with Crippen LogP contribution in [0.15, 0.2) is 36.4 Å². The van der Waals surface area contributed by atoms with Gasteiger partial charge in [0.05, 0.1) is 6.61 Å². The average Bonchev–Trinajstić information content (AvgIpc) is 2.54. The third kappa shape index (κ3) is 5.13. The van der Waals surface area contributed by atoms with E-state index in [1.165, 1.54) is 0 Å². The number of hydrogen-bond donors (Lipinski definition) is 4. The Labute approximate surface area is 146 Å². The van der Waals surface area contributed by atoms with Crippen LogP contribution in [-0.2, 0) is 4.74 Å². The highest BCUT2D eigenvalue weighted by atomic mass is 16.5. The van der Waals surface area contributed by atoms with Crippen LogP contribution in [0.1, 0.15) is 18.1 Å². The van der Waals surface area contributed by atoms with Crippen LogP contribution < -0.4 is 21.7 Å². The molecule has 0 spiro atoms. The van der Waals surface area contributed by atoms with Crippen molar-refractivity contribution in [2.75, 3.05) is 28.3 Å². The number of ether oxygens (including phenoxy) is 1. The van der Waals surface area contributed by atoms with E-state index in [4.69, 9.17) is 10.5 Å². The summed E-state index contributed by atoms with van der Waals surface area (Å²) < 4.78 is 4.84. The molecule has 0 aliphatic rings. The number of carbonyl (C=O) groups excluding carboxylic acids is 2. The number of aryl methyl sites for hydroxylation is 2. The van der Waals surface area contributed by atoms with Gasteiger partial charge in [-0.1, -0.05) is 12.1 Å². The monoisotopic (exact) mass is 342 g/mol.